The monoisotopic (exact) mass is 493 g/mol. The van der Waals surface area contributed by atoms with E-state index in [1.807, 2.05) is 24.3 Å². The summed E-state index contributed by atoms with van der Waals surface area (Å²) in [5.41, 5.74) is 0.992. The Morgan fingerprint density at radius 3 is 2.12 bits per heavy atom. The van der Waals surface area contributed by atoms with Gasteiger partial charge in [0, 0.05) is 25.7 Å². The molecule has 0 spiro atoms. The van der Waals surface area contributed by atoms with E-state index < -0.39 is 20.0 Å². The molecule has 2 aliphatic rings. The van der Waals surface area contributed by atoms with Gasteiger partial charge in [-0.05, 0) is 80.7 Å². The van der Waals surface area contributed by atoms with E-state index in [4.69, 9.17) is 4.74 Å². The number of methoxy groups -OCH3 is 1. The second-order valence-electron chi connectivity index (χ2n) is 8.47. The minimum atomic E-state index is -3.81. The third kappa shape index (κ3) is 5.41. The van der Waals surface area contributed by atoms with E-state index in [9.17, 15) is 16.8 Å². The molecule has 0 bridgehead atoms. The van der Waals surface area contributed by atoms with Crippen LogP contribution in [0.1, 0.15) is 37.3 Å². The molecule has 33 heavy (non-hydrogen) atoms. The second-order valence-corrected chi connectivity index (χ2v) is 12.2. The van der Waals surface area contributed by atoms with Crippen molar-refractivity contribution in [2.45, 2.75) is 41.5 Å². The van der Waals surface area contributed by atoms with Crippen molar-refractivity contribution in [3.63, 3.8) is 0 Å². The van der Waals surface area contributed by atoms with Crippen molar-refractivity contribution >= 4 is 20.0 Å². The summed E-state index contributed by atoms with van der Waals surface area (Å²) in [6.07, 6.45) is 3.86. The summed E-state index contributed by atoms with van der Waals surface area (Å²) in [6.45, 7) is 3.04. The van der Waals surface area contributed by atoms with Crippen LogP contribution in [0.2, 0.25) is 0 Å². The third-order valence-corrected chi connectivity index (χ3v) is 9.72. The van der Waals surface area contributed by atoms with Gasteiger partial charge >= 0.3 is 0 Å². The molecule has 2 saturated heterocycles. The standard InChI is InChI=1S/C23H31N3O5S2/c1-31-20-8-6-7-19(17-20)23(25-13-2-3-14-25)18-24-32(27,28)21-9-11-22(12-10-21)33(29,30)26-15-4-5-16-26/h6-12,17,23-24H,2-5,13-16,18H2,1H3. The van der Waals surface area contributed by atoms with Crippen LogP contribution in [0.4, 0.5) is 0 Å². The Kier molecular flexibility index (Phi) is 7.40. The van der Waals surface area contributed by atoms with Crippen LogP contribution in [0.5, 0.6) is 5.75 Å². The minimum absolute atomic E-state index is 0.0497. The smallest absolute Gasteiger partial charge is 0.243 e. The summed E-state index contributed by atoms with van der Waals surface area (Å²) in [5.74, 6) is 0.731. The lowest BCUT2D eigenvalue weighted by molar-refractivity contribution is 0.246. The molecule has 1 atom stereocenters. The number of nitrogens with zero attached hydrogens (tertiary/aromatic N) is 2. The molecule has 2 aromatic carbocycles. The lowest BCUT2D eigenvalue weighted by Crippen LogP contribution is -2.36. The minimum Gasteiger partial charge on any atom is -0.497 e. The predicted octanol–water partition coefficient (Wildman–Crippen LogP) is 2.60. The molecular formula is C23H31N3O5S2. The number of hydrogen-bond acceptors (Lipinski definition) is 6. The van der Waals surface area contributed by atoms with E-state index in [2.05, 4.69) is 9.62 Å². The van der Waals surface area contributed by atoms with Crippen molar-refractivity contribution in [3.05, 3.63) is 54.1 Å². The molecule has 2 heterocycles. The topological polar surface area (TPSA) is 96.0 Å². The summed E-state index contributed by atoms with van der Waals surface area (Å²) in [4.78, 5) is 2.45. The molecule has 2 aromatic rings. The highest BCUT2D eigenvalue weighted by atomic mass is 32.2. The molecule has 1 unspecified atom stereocenters. The van der Waals surface area contributed by atoms with Crippen LogP contribution < -0.4 is 9.46 Å². The predicted molar refractivity (Wildman–Crippen MR) is 126 cm³/mol. The largest absolute Gasteiger partial charge is 0.497 e. The summed E-state index contributed by atoms with van der Waals surface area (Å²) >= 11 is 0. The highest BCUT2D eigenvalue weighted by molar-refractivity contribution is 7.89. The van der Waals surface area contributed by atoms with Gasteiger partial charge in [0.2, 0.25) is 20.0 Å². The fourth-order valence-corrected chi connectivity index (χ4v) is 7.06. The molecule has 2 fully saturated rings. The highest BCUT2D eigenvalue weighted by Gasteiger charge is 2.29. The number of sulfonamides is 2. The zero-order valence-electron chi connectivity index (χ0n) is 18.8. The van der Waals surface area contributed by atoms with Crippen LogP contribution in [0.25, 0.3) is 0 Å². The molecule has 2 aliphatic heterocycles. The van der Waals surface area contributed by atoms with E-state index in [0.717, 1.165) is 50.1 Å². The van der Waals surface area contributed by atoms with Gasteiger partial charge in [-0.2, -0.15) is 4.31 Å². The van der Waals surface area contributed by atoms with Crippen LogP contribution in [0.15, 0.2) is 58.3 Å². The van der Waals surface area contributed by atoms with Crippen molar-refractivity contribution in [1.29, 1.82) is 0 Å². The van der Waals surface area contributed by atoms with Gasteiger partial charge in [0.05, 0.1) is 16.9 Å². The zero-order valence-corrected chi connectivity index (χ0v) is 20.4. The van der Waals surface area contributed by atoms with Crippen LogP contribution >= 0.6 is 0 Å². The molecule has 8 nitrogen and oxygen atoms in total. The molecule has 180 valence electrons. The van der Waals surface area contributed by atoms with Gasteiger partial charge in [-0.15, -0.1) is 0 Å². The summed E-state index contributed by atoms with van der Waals surface area (Å²) in [6, 6.07) is 13.1. The first-order chi connectivity index (χ1) is 15.8. The van der Waals surface area contributed by atoms with Crippen molar-refractivity contribution in [1.82, 2.24) is 13.9 Å². The lowest BCUT2D eigenvalue weighted by atomic mass is 10.1. The fourth-order valence-electron chi connectivity index (χ4n) is 4.50. The SMILES string of the molecule is COc1cccc(C(CNS(=O)(=O)c2ccc(S(=O)(=O)N3CCCC3)cc2)N2CCCC2)c1. The Labute approximate surface area is 196 Å². The van der Waals surface area contributed by atoms with Gasteiger partial charge in [0.25, 0.3) is 0 Å². The molecule has 0 aliphatic carbocycles. The van der Waals surface area contributed by atoms with Crippen molar-refractivity contribution in [2.24, 2.45) is 0 Å². The average Bonchev–Trinajstić information content (AvgIpc) is 3.54. The van der Waals surface area contributed by atoms with Crippen molar-refractivity contribution < 1.29 is 21.6 Å². The highest BCUT2D eigenvalue weighted by Crippen LogP contribution is 2.28. The van der Waals surface area contributed by atoms with Crippen LogP contribution in [0, 0.1) is 0 Å². The molecule has 1 N–H and O–H groups in total. The van der Waals surface area contributed by atoms with E-state index in [1.54, 1.807) is 7.11 Å². The number of benzene rings is 2. The first-order valence-electron chi connectivity index (χ1n) is 11.3. The second kappa shape index (κ2) is 10.1. The van der Waals surface area contributed by atoms with Gasteiger partial charge in [-0.3, -0.25) is 4.90 Å². The summed E-state index contributed by atoms with van der Waals surface area (Å²) in [7, 11) is -5.78. The first kappa shape index (κ1) is 24.2. The summed E-state index contributed by atoms with van der Waals surface area (Å²) < 4.78 is 61.0. The van der Waals surface area contributed by atoms with Crippen molar-refractivity contribution in [3.8, 4) is 5.75 Å². The number of hydrogen-bond donors (Lipinski definition) is 1. The number of ether oxygens (including phenoxy) is 1. The molecule has 0 saturated carbocycles. The van der Waals surface area contributed by atoms with Crippen LogP contribution in [0.3, 0.4) is 0 Å². The quantitative estimate of drug-likeness (QED) is 0.577. The normalized spacial score (nSPS) is 19.1. The van der Waals surface area contributed by atoms with Gasteiger partial charge in [-0.1, -0.05) is 12.1 Å². The summed E-state index contributed by atoms with van der Waals surface area (Å²) in [5, 5.41) is 0. The first-order valence-corrected chi connectivity index (χ1v) is 14.2. The average molecular weight is 494 g/mol. The van der Waals surface area contributed by atoms with E-state index >= 15 is 0 Å². The Hall–Kier alpha value is -1.98. The third-order valence-electron chi connectivity index (χ3n) is 6.36. The zero-order chi connectivity index (χ0) is 23.5. The van der Waals surface area contributed by atoms with E-state index in [0.29, 0.717) is 13.1 Å². The van der Waals surface area contributed by atoms with E-state index in [-0.39, 0.29) is 22.4 Å². The molecule has 0 radical (unpaired) electrons. The maximum atomic E-state index is 13.0. The van der Waals surface area contributed by atoms with Gasteiger partial charge in [0.1, 0.15) is 5.75 Å². The Morgan fingerprint density at radius 1 is 0.879 bits per heavy atom. The van der Waals surface area contributed by atoms with Gasteiger partial charge in [0.15, 0.2) is 0 Å². The number of rotatable bonds is 9. The van der Waals surface area contributed by atoms with Crippen LogP contribution in [-0.4, -0.2) is 65.9 Å². The lowest BCUT2D eigenvalue weighted by Gasteiger charge is -2.28. The Bertz CT molecular complexity index is 1150. The number of likely N-dealkylation sites (tertiary alicyclic amines) is 1. The number of nitrogens with one attached hydrogen (secondary N) is 1. The molecule has 0 amide bonds. The maximum absolute atomic E-state index is 13.0. The van der Waals surface area contributed by atoms with Crippen molar-refractivity contribution in [2.75, 3.05) is 39.8 Å². The van der Waals surface area contributed by atoms with Gasteiger partial charge < -0.3 is 4.74 Å². The maximum Gasteiger partial charge on any atom is 0.243 e. The molecule has 10 heteroatoms. The Morgan fingerprint density at radius 2 is 1.48 bits per heavy atom. The fraction of sp³-hybridized carbons (Fsp3) is 0.478. The van der Waals surface area contributed by atoms with Gasteiger partial charge in [-0.25, -0.2) is 21.6 Å². The molecular weight excluding hydrogens is 462 g/mol. The molecule has 0 aromatic heterocycles. The Balaban J connectivity index is 1.50. The van der Waals surface area contributed by atoms with E-state index in [1.165, 1.54) is 28.6 Å². The van der Waals surface area contributed by atoms with Crippen LogP contribution in [-0.2, 0) is 20.0 Å². The molecule has 4 rings (SSSR count).